The average molecular weight is 358 g/mol. The summed E-state index contributed by atoms with van der Waals surface area (Å²) in [6.07, 6.45) is 0. The van der Waals surface area contributed by atoms with Crippen molar-refractivity contribution in [2.45, 2.75) is 0 Å². The zero-order chi connectivity index (χ0) is 9.00. The minimum atomic E-state index is -4.67. The van der Waals surface area contributed by atoms with Crippen molar-refractivity contribution < 1.29 is 47.7 Å². The maximum absolute atomic E-state index is 8.88. The van der Waals surface area contributed by atoms with Crippen LogP contribution in [0.15, 0.2) is 0 Å². The third kappa shape index (κ3) is 321. The summed E-state index contributed by atoms with van der Waals surface area (Å²) in [6.45, 7) is 0. The van der Waals surface area contributed by atoms with Crippen molar-refractivity contribution in [3.8, 4) is 0 Å². The fourth-order valence-electron chi connectivity index (χ4n) is 0. The Morgan fingerprint density at radius 2 is 0.800 bits per heavy atom. The summed E-state index contributed by atoms with van der Waals surface area (Å²) >= 11 is 0. The Kier molecular flexibility index (Phi) is 57.1. The first-order chi connectivity index (χ1) is 4.00. The van der Waals surface area contributed by atoms with Crippen molar-refractivity contribution in [1.29, 1.82) is 0 Å². The molecule has 0 aromatic heterocycles. The molecule has 0 aromatic carbocycles. The van der Waals surface area contributed by atoms with E-state index in [1.165, 1.54) is 0 Å². The van der Waals surface area contributed by atoms with Crippen LogP contribution in [0.5, 0.6) is 0 Å². The summed E-state index contributed by atoms with van der Waals surface area (Å²) < 4.78 is 40.5. The first kappa shape index (κ1) is 42.8. The monoisotopic (exact) mass is 358 g/mol. The van der Waals surface area contributed by atoms with E-state index in [9.17, 15) is 0 Å². The fraction of sp³-hybridized carbons (Fsp3) is 0. The molecule has 0 spiro atoms. The van der Waals surface area contributed by atoms with Gasteiger partial charge in [0.25, 0.3) is 0 Å². The molecule has 0 fully saturated rings. The van der Waals surface area contributed by atoms with Crippen molar-refractivity contribution in [3.05, 3.63) is 0 Å². The zero-order valence-electron chi connectivity index (χ0n) is 5.32. The number of hydrogen-bond donors (Lipinski definition) is 5. The van der Waals surface area contributed by atoms with E-state index in [4.69, 9.17) is 36.8 Å². The van der Waals surface area contributed by atoms with Crippen LogP contribution in [0.4, 0.5) is 0 Å². The van der Waals surface area contributed by atoms with Gasteiger partial charge < -0.3 is 25.6 Å². The van der Waals surface area contributed by atoms with E-state index >= 15 is 0 Å². The van der Waals surface area contributed by atoms with E-state index in [1.54, 1.807) is 0 Å². The van der Waals surface area contributed by atoms with E-state index in [1.807, 2.05) is 0 Å². The molecule has 15 heavy (non-hydrogen) atoms. The van der Waals surface area contributed by atoms with Gasteiger partial charge in [0, 0.05) is 0 Å². The van der Waals surface area contributed by atoms with Gasteiger partial charge in [-0.1, -0.05) is 0 Å². The fourth-order valence-corrected chi connectivity index (χ4v) is 0. The molecule has 0 heterocycles. The molecule has 0 radical (unpaired) electrons. The Labute approximate surface area is 175 Å². The SMILES string of the molecule is O.O.O=P(O)(O)O.O=S(=O)(O)O.[CaH2].[CaH2].[CaH2]. The molecule has 0 aromatic rings. The van der Waals surface area contributed by atoms with Gasteiger partial charge in [0.15, 0.2) is 0 Å². The van der Waals surface area contributed by atoms with E-state index in [0.717, 1.165) is 0 Å². The predicted octanol–water partition coefficient (Wildman–Crippen LogP) is -5.98. The summed E-state index contributed by atoms with van der Waals surface area (Å²) in [5.74, 6) is 0. The quantitative estimate of drug-likeness (QED) is 0.159. The van der Waals surface area contributed by atoms with E-state index in [-0.39, 0.29) is 124 Å². The minimum absolute atomic E-state index is 0. The molecule has 0 saturated carbocycles. The number of hydrogen-bond acceptors (Lipinski definition) is 3. The van der Waals surface area contributed by atoms with Gasteiger partial charge in [-0.25, -0.2) is 4.57 Å². The number of rotatable bonds is 0. The van der Waals surface area contributed by atoms with Crippen molar-refractivity contribution in [1.82, 2.24) is 0 Å². The van der Waals surface area contributed by atoms with Gasteiger partial charge in [0.05, 0.1) is 0 Å². The van der Waals surface area contributed by atoms with Crippen LogP contribution in [0.2, 0.25) is 0 Å². The van der Waals surface area contributed by atoms with Crippen LogP contribution in [-0.4, -0.2) is 156 Å². The molecule has 15 heteroatoms. The molecule has 0 aliphatic heterocycles. The summed E-state index contributed by atoms with van der Waals surface area (Å²) in [5.41, 5.74) is 0. The topological polar surface area (TPSA) is 215 Å². The van der Waals surface area contributed by atoms with Gasteiger partial charge in [-0.2, -0.15) is 8.42 Å². The van der Waals surface area contributed by atoms with Gasteiger partial charge in [-0.05, 0) is 0 Å². The Morgan fingerprint density at radius 3 is 0.800 bits per heavy atom. The van der Waals surface area contributed by atoms with Crippen molar-refractivity contribution in [2.24, 2.45) is 0 Å². The Morgan fingerprint density at radius 1 is 0.800 bits per heavy atom. The Balaban J connectivity index is -0.0000000128. The number of phosphoric acid groups is 1. The molecule has 10 nitrogen and oxygen atoms in total. The Bertz CT molecular complexity index is 199. The van der Waals surface area contributed by atoms with E-state index < -0.39 is 18.2 Å². The molecule has 0 aliphatic carbocycles. The summed E-state index contributed by atoms with van der Waals surface area (Å²) in [7, 11) is -9.31. The standard InChI is InChI=1S/3Ca.H3O4P.H2O4S.2H2O.6H/c;;;2*1-5(2,3)4;;;;;;;;/h;;;(H3,1,2,3,4);(H2,1,2,3,4);2*1H2;;;;;;. The van der Waals surface area contributed by atoms with Crippen LogP contribution in [0.1, 0.15) is 0 Å². The second kappa shape index (κ2) is 20.0. The van der Waals surface area contributed by atoms with Crippen LogP contribution < -0.4 is 0 Å². The third-order valence-corrected chi connectivity index (χ3v) is 0. The molecule has 0 bridgehead atoms. The molecular weight excluding hydrogens is 343 g/mol. The van der Waals surface area contributed by atoms with Crippen LogP contribution in [0.25, 0.3) is 0 Å². The molecule has 0 atom stereocenters. The van der Waals surface area contributed by atoms with E-state index in [2.05, 4.69) is 0 Å². The first-order valence-corrected chi connectivity index (χ1v) is 4.44. The molecule has 0 saturated heterocycles. The third-order valence-electron chi connectivity index (χ3n) is 0. The molecule has 0 rings (SSSR count). The summed E-state index contributed by atoms with van der Waals surface area (Å²) in [5, 5.41) is 0. The van der Waals surface area contributed by atoms with Crippen LogP contribution in [0, 0.1) is 0 Å². The Hall–Kier alpha value is 3.68. The molecule has 0 aliphatic rings. The molecular formula is H15Ca3O10PS. The van der Waals surface area contributed by atoms with Crippen LogP contribution in [0.3, 0.4) is 0 Å². The zero-order valence-corrected chi connectivity index (χ0v) is 7.03. The van der Waals surface area contributed by atoms with Crippen molar-refractivity contribution in [2.75, 3.05) is 0 Å². The van der Waals surface area contributed by atoms with Gasteiger partial charge in [0.2, 0.25) is 0 Å². The van der Waals surface area contributed by atoms with Gasteiger partial charge in [0.1, 0.15) is 0 Å². The predicted molar refractivity (Wildman–Crippen MR) is 61.3 cm³/mol. The molecule has 92 valence electrons. The van der Waals surface area contributed by atoms with Gasteiger partial charge in [-0.15, -0.1) is 0 Å². The van der Waals surface area contributed by atoms with Gasteiger partial charge >= 0.3 is 131 Å². The molecule has 0 amide bonds. The molecule has 0 unspecified atom stereocenters. The van der Waals surface area contributed by atoms with Crippen LogP contribution in [-0.2, 0) is 15.0 Å². The van der Waals surface area contributed by atoms with Crippen molar-refractivity contribution >= 4 is 131 Å². The average Bonchev–Trinajstić information content (AvgIpc) is 1.12. The van der Waals surface area contributed by atoms with Gasteiger partial charge in [-0.3, -0.25) is 9.11 Å². The maximum atomic E-state index is 8.88. The second-order valence-electron chi connectivity index (χ2n) is 0.961. The first-order valence-electron chi connectivity index (χ1n) is 1.48. The molecule has 9 N–H and O–H groups in total. The van der Waals surface area contributed by atoms with Crippen molar-refractivity contribution in [3.63, 3.8) is 0 Å². The van der Waals surface area contributed by atoms with Crippen LogP contribution >= 0.6 is 7.82 Å². The normalized spacial score (nSPS) is 7.80. The van der Waals surface area contributed by atoms with E-state index in [0.29, 0.717) is 0 Å². The summed E-state index contributed by atoms with van der Waals surface area (Å²) in [4.78, 5) is 21.6. The summed E-state index contributed by atoms with van der Waals surface area (Å²) in [6, 6.07) is 0. The second-order valence-corrected chi connectivity index (χ2v) is 2.88.